The van der Waals surface area contributed by atoms with Crippen molar-refractivity contribution in [3.63, 3.8) is 0 Å². The predicted octanol–water partition coefficient (Wildman–Crippen LogP) is 2.30. The Hall–Kier alpha value is -1.06. The van der Waals surface area contributed by atoms with Gasteiger partial charge in [-0.15, -0.1) is 19.8 Å². The van der Waals surface area contributed by atoms with Crippen molar-refractivity contribution < 1.29 is 40.0 Å². The molecule has 144 valence electrons. The third-order valence-electron chi connectivity index (χ3n) is 3.71. The zero-order chi connectivity index (χ0) is 20.5. The van der Waals surface area contributed by atoms with E-state index in [1.54, 1.807) is 56.6 Å². The third kappa shape index (κ3) is 8.66. The van der Waals surface area contributed by atoms with Crippen LogP contribution < -0.4 is 15.3 Å². The van der Waals surface area contributed by atoms with E-state index in [1.165, 1.54) is 5.56 Å². The SMILES string of the molecule is CC[O-].CC[O-].CC[O-].[Zr+3][C](C1=CC=CC1)(C1=CC=CC1)c1ccccc1. The van der Waals surface area contributed by atoms with Crippen LogP contribution in [0, 0.1) is 0 Å². The standard InChI is InChI=1S/C17H15.3C2H5O.Zr/c1-2-8-14(9-3-1)17(15-10-4-5-11-15)16-12-6-7-13-16;3*1-2-3;/h1-10,12H,11,13H2;3*2H2,1H3;/q;3*-1;+3. The summed E-state index contributed by atoms with van der Waals surface area (Å²) >= 11 is 1.56. The molecule has 0 aliphatic heterocycles. The maximum atomic E-state index is 8.93. The first kappa shape index (κ1) is 25.9. The van der Waals surface area contributed by atoms with E-state index in [2.05, 4.69) is 66.8 Å². The number of rotatable bonds is 3. The van der Waals surface area contributed by atoms with Crippen LogP contribution in [0.1, 0.15) is 39.2 Å². The van der Waals surface area contributed by atoms with Gasteiger partial charge in [0.1, 0.15) is 0 Å². The molecular formula is C23H30O3Zr. The molecule has 0 radical (unpaired) electrons. The van der Waals surface area contributed by atoms with E-state index >= 15 is 0 Å². The Kier molecular flexibility index (Phi) is 15.3. The molecule has 1 aromatic rings. The molecule has 0 aromatic heterocycles. The Bertz CT molecular complexity index is 581. The molecule has 0 saturated heterocycles. The fraction of sp³-hybridized carbons (Fsp3) is 0.391. The van der Waals surface area contributed by atoms with Gasteiger partial charge >= 0.3 is 124 Å². The molecule has 27 heavy (non-hydrogen) atoms. The number of benzene rings is 1. The van der Waals surface area contributed by atoms with Crippen molar-refractivity contribution in [2.45, 2.75) is 36.7 Å². The maximum absolute atomic E-state index is 8.93. The Morgan fingerprint density at radius 2 is 1.15 bits per heavy atom. The molecule has 2 aliphatic rings. The molecule has 0 atom stereocenters. The molecule has 0 amide bonds. The van der Waals surface area contributed by atoms with Crippen molar-refractivity contribution in [1.82, 2.24) is 0 Å². The second kappa shape index (κ2) is 15.9. The van der Waals surface area contributed by atoms with E-state index in [0.29, 0.717) is 0 Å². The summed E-state index contributed by atoms with van der Waals surface area (Å²) in [4.78, 5) is 0. The van der Waals surface area contributed by atoms with Crippen molar-refractivity contribution in [2.24, 2.45) is 0 Å². The molecule has 0 bridgehead atoms. The van der Waals surface area contributed by atoms with Crippen LogP contribution >= 0.6 is 0 Å². The molecule has 4 heteroatoms. The molecular weight excluding hydrogens is 415 g/mol. The summed E-state index contributed by atoms with van der Waals surface area (Å²) in [6.45, 7) is 4.71. The Morgan fingerprint density at radius 3 is 1.44 bits per heavy atom. The fourth-order valence-electron chi connectivity index (χ4n) is 2.72. The van der Waals surface area contributed by atoms with Crippen LogP contribution in [0.25, 0.3) is 0 Å². The van der Waals surface area contributed by atoms with Gasteiger partial charge < -0.3 is 15.3 Å². The van der Waals surface area contributed by atoms with Gasteiger partial charge in [0.2, 0.25) is 0 Å². The topological polar surface area (TPSA) is 69.2 Å². The summed E-state index contributed by atoms with van der Waals surface area (Å²) < 4.78 is 0.140. The Morgan fingerprint density at radius 1 is 0.778 bits per heavy atom. The predicted molar refractivity (Wildman–Crippen MR) is 103 cm³/mol. The average molecular weight is 446 g/mol. The second-order valence-corrected chi connectivity index (χ2v) is 7.47. The Labute approximate surface area is 179 Å². The van der Waals surface area contributed by atoms with Crippen molar-refractivity contribution in [3.8, 4) is 0 Å². The van der Waals surface area contributed by atoms with Crippen LogP contribution in [0.4, 0.5) is 0 Å². The zero-order valence-electron chi connectivity index (χ0n) is 16.6. The summed E-state index contributed by atoms with van der Waals surface area (Å²) in [6.07, 6.45) is 15.7. The molecule has 0 unspecified atom stereocenters. The fourth-order valence-corrected chi connectivity index (χ4v) is 4.04. The first-order chi connectivity index (χ1) is 13.1. The van der Waals surface area contributed by atoms with Crippen LogP contribution in [0.15, 0.2) is 77.9 Å². The minimum absolute atomic E-state index is 0. The van der Waals surface area contributed by atoms with Gasteiger partial charge in [0.05, 0.1) is 0 Å². The molecule has 0 N–H and O–H groups in total. The average Bonchev–Trinajstić information content (AvgIpc) is 3.38. The molecule has 3 nitrogen and oxygen atoms in total. The van der Waals surface area contributed by atoms with Gasteiger partial charge in [-0.25, -0.2) is 0 Å². The summed E-state index contributed by atoms with van der Waals surface area (Å²) in [6, 6.07) is 10.9. The Balaban J connectivity index is 0.000000643. The van der Waals surface area contributed by atoms with E-state index in [4.69, 9.17) is 15.3 Å². The van der Waals surface area contributed by atoms with Crippen LogP contribution in [0.3, 0.4) is 0 Å². The van der Waals surface area contributed by atoms with Gasteiger partial charge in [-0.1, -0.05) is 20.8 Å². The van der Waals surface area contributed by atoms with E-state index in [0.717, 1.165) is 12.8 Å². The molecule has 1 aromatic carbocycles. The molecule has 2 aliphatic carbocycles. The summed E-state index contributed by atoms with van der Waals surface area (Å²) in [5.41, 5.74) is 4.52. The number of hydrogen-bond acceptors (Lipinski definition) is 3. The van der Waals surface area contributed by atoms with Crippen LogP contribution in [-0.4, -0.2) is 19.8 Å². The minimum atomic E-state index is 0. The summed E-state index contributed by atoms with van der Waals surface area (Å²) in [7, 11) is 0. The van der Waals surface area contributed by atoms with Crippen molar-refractivity contribution in [3.05, 3.63) is 83.5 Å². The van der Waals surface area contributed by atoms with E-state index in [-0.39, 0.29) is 22.9 Å². The first-order valence-corrected chi connectivity index (χ1v) is 10.6. The van der Waals surface area contributed by atoms with Crippen LogP contribution in [0.2, 0.25) is 0 Å². The monoisotopic (exact) mass is 444 g/mol. The van der Waals surface area contributed by atoms with Crippen molar-refractivity contribution in [2.75, 3.05) is 19.8 Å². The second-order valence-electron chi connectivity index (χ2n) is 5.63. The molecule has 0 fully saturated rings. The number of allylic oxidation sites excluding steroid dienone is 8. The van der Waals surface area contributed by atoms with Crippen LogP contribution in [-0.2, 0) is 27.8 Å². The first-order valence-electron chi connectivity index (χ1n) is 9.33. The summed E-state index contributed by atoms with van der Waals surface area (Å²) in [5.74, 6) is 0. The van der Waals surface area contributed by atoms with E-state index < -0.39 is 0 Å². The van der Waals surface area contributed by atoms with Crippen molar-refractivity contribution >= 4 is 0 Å². The van der Waals surface area contributed by atoms with Gasteiger partial charge in [0, 0.05) is 0 Å². The quantitative estimate of drug-likeness (QED) is 0.717. The zero-order valence-corrected chi connectivity index (χ0v) is 19.1. The van der Waals surface area contributed by atoms with Gasteiger partial charge in [-0.2, -0.15) is 0 Å². The van der Waals surface area contributed by atoms with Gasteiger partial charge in [-0.3, -0.25) is 0 Å². The van der Waals surface area contributed by atoms with Gasteiger partial charge in [0.25, 0.3) is 0 Å². The number of hydrogen-bond donors (Lipinski definition) is 0. The molecule has 0 saturated carbocycles. The normalized spacial score (nSPS) is 14.1. The van der Waals surface area contributed by atoms with E-state index in [9.17, 15) is 0 Å². The van der Waals surface area contributed by atoms with E-state index in [1.807, 2.05) is 0 Å². The molecule has 0 heterocycles. The van der Waals surface area contributed by atoms with Gasteiger partial charge in [-0.05, 0) is 0 Å². The summed E-state index contributed by atoms with van der Waals surface area (Å²) in [5, 5.41) is 26.8. The molecule has 0 spiro atoms. The van der Waals surface area contributed by atoms with Crippen LogP contribution in [0.5, 0.6) is 0 Å². The third-order valence-corrected chi connectivity index (χ3v) is 6.00. The van der Waals surface area contributed by atoms with Gasteiger partial charge in [0.15, 0.2) is 0 Å². The van der Waals surface area contributed by atoms with Crippen molar-refractivity contribution in [1.29, 1.82) is 0 Å². The molecule has 3 rings (SSSR count).